The molecule has 0 N–H and O–H groups in total. The standard InChI is InChI=1S/C19H21NO4S/c1-19(2,3)15(21)11-16-20(4)17(22)14(25-16)10-12-6-8-13(9-7-12)18(23)24-5/h6-11H,1-5H3/b14-10-,16-11-. The van der Waals surface area contributed by atoms with Gasteiger partial charge in [-0.05, 0) is 23.8 Å². The summed E-state index contributed by atoms with van der Waals surface area (Å²) in [5.41, 5.74) is 0.590. The van der Waals surface area contributed by atoms with Crippen LogP contribution in [-0.4, -0.2) is 23.4 Å². The van der Waals surface area contributed by atoms with Crippen molar-refractivity contribution in [2.75, 3.05) is 7.11 Å². The first-order valence-electron chi connectivity index (χ1n) is 7.75. The number of ketones is 1. The Balaban J connectivity index is 2.47. The summed E-state index contributed by atoms with van der Waals surface area (Å²) in [6, 6.07) is 6.78. The summed E-state index contributed by atoms with van der Waals surface area (Å²) in [6.45, 7) is 5.52. The van der Waals surface area contributed by atoms with Crippen molar-refractivity contribution in [2.24, 2.45) is 12.5 Å². The lowest BCUT2D eigenvalue weighted by Crippen LogP contribution is -2.30. The summed E-state index contributed by atoms with van der Waals surface area (Å²) in [7, 11) is 2.98. The monoisotopic (exact) mass is 359 g/mol. The lowest BCUT2D eigenvalue weighted by molar-refractivity contribution is -0.120. The van der Waals surface area contributed by atoms with Crippen LogP contribution >= 0.6 is 11.3 Å². The van der Waals surface area contributed by atoms with E-state index in [1.165, 1.54) is 29.1 Å². The maximum Gasteiger partial charge on any atom is 0.337 e. The normalized spacial score (nSPS) is 13.2. The lowest BCUT2D eigenvalue weighted by Gasteiger charge is -2.12. The number of hydrogen-bond acceptors (Lipinski definition) is 5. The first-order valence-corrected chi connectivity index (χ1v) is 8.57. The second kappa shape index (κ2) is 7.19. The highest BCUT2D eigenvalue weighted by molar-refractivity contribution is 7.07. The van der Waals surface area contributed by atoms with Gasteiger partial charge in [-0.1, -0.05) is 32.9 Å². The molecule has 5 nitrogen and oxygen atoms in total. The number of carbonyl (C=O) groups excluding carboxylic acids is 2. The average molecular weight is 359 g/mol. The number of thiazole rings is 1. The van der Waals surface area contributed by atoms with E-state index in [4.69, 9.17) is 0 Å². The Morgan fingerprint density at radius 1 is 1.16 bits per heavy atom. The molecule has 25 heavy (non-hydrogen) atoms. The zero-order valence-corrected chi connectivity index (χ0v) is 15.8. The van der Waals surface area contributed by atoms with E-state index >= 15 is 0 Å². The van der Waals surface area contributed by atoms with Crippen LogP contribution in [0, 0.1) is 5.41 Å². The number of esters is 1. The van der Waals surface area contributed by atoms with E-state index in [0.29, 0.717) is 14.8 Å². The molecule has 2 aromatic rings. The van der Waals surface area contributed by atoms with Crippen molar-refractivity contribution >= 4 is 35.2 Å². The summed E-state index contributed by atoms with van der Waals surface area (Å²) in [4.78, 5) is 36.0. The molecule has 0 atom stereocenters. The van der Waals surface area contributed by atoms with Gasteiger partial charge < -0.3 is 9.30 Å². The molecule has 0 aliphatic carbocycles. The molecule has 2 rings (SSSR count). The number of benzene rings is 1. The molecule has 0 bridgehead atoms. The minimum atomic E-state index is -0.492. The van der Waals surface area contributed by atoms with E-state index in [1.54, 1.807) is 37.4 Å². The third-order valence-electron chi connectivity index (χ3n) is 3.68. The van der Waals surface area contributed by atoms with Crippen molar-refractivity contribution < 1.29 is 14.3 Å². The number of nitrogens with zero attached hydrogens (tertiary/aromatic N) is 1. The molecule has 0 radical (unpaired) electrons. The van der Waals surface area contributed by atoms with Crippen molar-refractivity contribution in [1.29, 1.82) is 0 Å². The van der Waals surface area contributed by atoms with Crippen LogP contribution in [-0.2, 0) is 16.6 Å². The smallest absolute Gasteiger partial charge is 0.337 e. The van der Waals surface area contributed by atoms with E-state index in [0.717, 1.165) is 5.56 Å². The first-order chi connectivity index (χ1) is 11.6. The maximum absolute atomic E-state index is 12.4. The molecule has 0 saturated carbocycles. The van der Waals surface area contributed by atoms with Gasteiger partial charge in [0, 0.05) is 18.5 Å². The topological polar surface area (TPSA) is 65.4 Å². The Kier molecular flexibility index (Phi) is 5.42. The van der Waals surface area contributed by atoms with Crippen LogP contribution in [0.25, 0.3) is 12.2 Å². The van der Waals surface area contributed by atoms with Crippen LogP contribution in [0.1, 0.15) is 36.7 Å². The Morgan fingerprint density at radius 3 is 2.28 bits per heavy atom. The van der Waals surface area contributed by atoms with Crippen LogP contribution in [0.3, 0.4) is 0 Å². The predicted octanol–water partition coefficient (Wildman–Crippen LogP) is 1.46. The second-order valence-corrected chi connectivity index (χ2v) is 7.75. The average Bonchev–Trinajstić information content (AvgIpc) is 2.82. The number of aromatic nitrogens is 1. The van der Waals surface area contributed by atoms with Crippen molar-refractivity contribution in [2.45, 2.75) is 20.8 Å². The molecule has 0 amide bonds. The molecular weight excluding hydrogens is 338 g/mol. The fraction of sp³-hybridized carbons (Fsp3) is 0.316. The zero-order chi connectivity index (χ0) is 18.8. The van der Waals surface area contributed by atoms with Gasteiger partial charge in [-0.25, -0.2) is 4.79 Å². The van der Waals surface area contributed by atoms with Crippen LogP contribution in [0.2, 0.25) is 0 Å². The second-order valence-electron chi connectivity index (χ2n) is 6.69. The molecule has 0 spiro atoms. The third-order valence-corrected chi connectivity index (χ3v) is 4.80. The maximum atomic E-state index is 12.4. The van der Waals surface area contributed by atoms with E-state index in [2.05, 4.69) is 4.74 Å². The molecule has 1 aromatic carbocycles. The number of methoxy groups -OCH3 is 1. The lowest BCUT2D eigenvalue weighted by atomic mass is 9.91. The molecule has 0 saturated heterocycles. The van der Waals surface area contributed by atoms with Crippen molar-refractivity contribution in [3.05, 3.63) is 54.9 Å². The quantitative estimate of drug-likeness (QED) is 0.778. The Bertz CT molecular complexity index is 972. The minimum absolute atomic E-state index is 0.0293. The van der Waals surface area contributed by atoms with E-state index in [9.17, 15) is 14.4 Å². The van der Waals surface area contributed by atoms with Crippen molar-refractivity contribution in [1.82, 2.24) is 4.57 Å². The van der Waals surface area contributed by atoms with Gasteiger partial charge in [0.05, 0.1) is 17.2 Å². The number of rotatable bonds is 3. The van der Waals surface area contributed by atoms with Gasteiger partial charge in [0.1, 0.15) is 4.66 Å². The van der Waals surface area contributed by atoms with Gasteiger partial charge in [-0.15, -0.1) is 11.3 Å². The van der Waals surface area contributed by atoms with Crippen LogP contribution < -0.4 is 14.8 Å². The molecular formula is C19H21NO4S. The summed E-state index contributed by atoms with van der Waals surface area (Å²) in [5.74, 6) is -0.436. The molecule has 132 valence electrons. The third kappa shape index (κ3) is 4.33. The fourth-order valence-corrected chi connectivity index (χ4v) is 3.05. The number of hydrogen-bond donors (Lipinski definition) is 0. The van der Waals surface area contributed by atoms with Gasteiger partial charge in [-0.3, -0.25) is 9.59 Å². The van der Waals surface area contributed by atoms with Crippen LogP contribution in [0.5, 0.6) is 0 Å². The molecule has 0 aliphatic rings. The van der Waals surface area contributed by atoms with Gasteiger partial charge in [-0.2, -0.15) is 0 Å². The highest BCUT2D eigenvalue weighted by Crippen LogP contribution is 2.14. The summed E-state index contributed by atoms with van der Waals surface area (Å²) >= 11 is 1.27. The molecule has 0 unspecified atom stereocenters. The molecule has 6 heteroatoms. The summed E-state index contributed by atoms with van der Waals surface area (Å²) < 4.78 is 7.28. The molecule has 1 heterocycles. The Morgan fingerprint density at radius 2 is 1.76 bits per heavy atom. The van der Waals surface area contributed by atoms with Gasteiger partial charge in [0.2, 0.25) is 0 Å². The molecule has 0 aliphatic heterocycles. The zero-order valence-electron chi connectivity index (χ0n) is 15.0. The SMILES string of the molecule is COC(=O)c1ccc(/C=c2\s/c(=C\C(=O)C(C)(C)C)n(C)c2=O)cc1. The first kappa shape index (κ1) is 18.9. The van der Waals surface area contributed by atoms with Crippen LogP contribution in [0.15, 0.2) is 29.1 Å². The van der Waals surface area contributed by atoms with Gasteiger partial charge in [0.15, 0.2) is 5.78 Å². The molecule has 0 fully saturated rings. The van der Waals surface area contributed by atoms with Gasteiger partial charge >= 0.3 is 5.97 Å². The summed E-state index contributed by atoms with van der Waals surface area (Å²) in [5, 5.41) is 0. The predicted molar refractivity (Wildman–Crippen MR) is 99.1 cm³/mol. The van der Waals surface area contributed by atoms with Crippen molar-refractivity contribution in [3.8, 4) is 0 Å². The highest BCUT2D eigenvalue weighted by Gasteiger charge is 2.19. The number of carbonyl (C=O) groups is 2. The number of Topliss-reactive ketones (excluding diaryl/α,β-unsaturated/α-hetero) is 1. The Hall–Kier alpha value is -2.47. The Labute approximate surface area is 149 Å². The van der Waals surface area contributed by atoms with Crippen LogP contribution in [0.4, 0.5) is 0 Å². The van der Waals surface area contributed by atoms with E-state index in [1.807, 2.05) is 20.8 Å². The fourth-order valence-electron chi connectivity index (χ4n) is 2.02. The van der Waals surface area contributed by atoms with E-state index in [-0.39, 0.29) is 11.3 Å². The van der Waals surface area contributed by atoms with E-state index < -0.39 is 11.4 Å². The largest absolute Gasteiger partial charge is 0.465 e. The number of ether oxygens (including phenoxy) is 1. The minimum Gasteiger partial charge on any atom is -0.465 e. The highest BCUT2D eigenvalue weighted by atomic mass is 32.1. The summed E-state index contributed by atoms with van der Waals surface area (Å²) in [6.07, 6.45) is 3.26. The molecule has 1 aromatic heterocycles. The van der Waals surface area contributed by atoms with Gasteiger partial charge in [0.25, 0.3) is 5.56 Å². The van der Waals surface area contributed by atoms with Crippen molar-refractivity contribution in [3.63, 3.8) is 0 Å².